The van der Waals surface area contributed by atoms with Crippen LogP contribution in [0.2, 0.25) is 0 Å². The highest BCUT2D eigenvalue weighted by Crippen LogP contribution is 2.21. The summed E-state index contributed by atoms with van der Waals surface area (Å²) in [5, 5.41) is 3.34. The smallest absolute Gasteiger partial charge is 0.311 e. The largest absolute Gasteiger partial charge is 0.389 e. The highest BCUT2D eigenvalue weighted by Gasteiger charge is 2.27. The first-order valence-electron chi connectivity index (χ1n) is 5.54. The number of hydrogen-bond donors (Lipinski definition) is 1. The molecule has 1 N–H and O–H groups in total. The van der Waals surface area contributed by atoms with E-state index in [1.54, 1.807) is 0 Å². The Hall–Kier alpha value is -0.290. The van der Waals surface area contributed by atoms with Crippen LogP contribution in [-0.4, -0.2) is 43.3 Å². The van der Waals surface area contributed by atoms with Gasteiger partial charge in [-0.2, -0.15) is 13.2 Å². The second-order valence-corrected chi connectivity index (χ2v) is 4.08. The molecule has 15 heavy (non-hydrogen) atoms. The zero-order valence-electron chi connectivity index (χ0n) is 9.11. The Morgan fingerprint density at radius 3 is 2.73 bits per heavy atom. The van der Waals surface area contributed by atoms with Gasteiger partial charge in [0.25, 0.3) is 0 Å². The molecule has 1 heterocycles. The number of rotatable bonds is 4. The van der Waals surface area contributed by atoms with Gasteiger partial charge in [-0.1, -0.05) is 6.92 Å². The average molecular weight is 224 g/mol. The normalized spacial score (nSPS) is 24.4. The first kappa shape index (κ1) is 12.8. The van der Waals surface area contributed by atoms with E-state index in [1.165, 1.54) is 0 Å². The lowest BCUT2D eigenvalue weighted by Crippen LogP contribution is -2.50. The van der Waals surface area contributed by atoms with Crippen molar-refractivity contribution in [1.82, 2.24) is 10.2 Å². The molecular weight excluding hydrogens is 205 g/mol. The van der Waals surface area contributed by atoms with Gasteiger partial charge in [-0.15, -0.1) is 0 Å². The van der Waals surface area contributed by atoms with Crippen LogP contribution in [0.15, 0.2) is 0 Å². The van der Waals surface area contributed by atoms with E-state index in [4.69, 9.17) is 0 Å². The van der Waals surface area contributed by atoms with Crippen LogP contribution in [0.3, 0.4) is 0 Å². The Bertz CT molecular complexity index is 182. The third-order valence-corrected chi connectivity index (χ3v) is 2.77. The molecule has 0 radical (unpaired) electrons. The second-order valence-electron chi connectivity index (χ2n) is 4.08. The Morgan fingerprint density at radius 1 is 1.40 bits per heavy atom. The highest BCUT2D eigenvalue weighted by molar-refractivity contribution is 4.77. The molecule has 0 aromatic carbocycles. The molecule has 5 heteroatoms. The summed E-state index contributed by atoms with van der Waals surface area (Å²) in [4.78, 5) is 2.12. The summed E-state index contributed by atoms with van der Waals surface area (Å²) in [6, 6.07) is 0.449. The Balaban J connectivity index is 2.15. The molecule has 1 unspecified atom stereocenters. The van der Waals surface area contributed by atoms with Gasteiger partial charge in [-0.05, 0) is 19.4 Å². The van der Waals surface area contributed by atoms with Crippen molar-refractivity contribution in [1.29, 1.82) is 0 Å². The SMILES string of the molecule is CCC1CN(CCCC(F)(F)F)CCN1. The first-order chi connectivity index (χ1) is 7.01. The van der Waals surface area contributed by atoms with Crippen molar-refractivity contribution in [2.45, 2.75) is 38.4 Å². The van der Waals surface area contributed by atoms with E-state index >= 15 is 0 Å². The number of halogens is 3. The third-order valence-electron chi connectivity index (χ3n) is 2.77. The van der Waals surface area contributed by atoms with Crippen molar-refractivity contribution in [3.63, 3.8) is 0 Å². The quantitative estimate of drug-likeness (QED) is 0.786. The molecule has 0 saturated carbocycles. The summed E-state index contributed by atoms with van der Waals surface area (Å²) < 4.78 is 35.8. The molecule has 1 saturated heterocycles. The van der Waals surface area contributed by atoms with Crippen LogP contribution in [0.25, 0.3) is 0 Å². The number of alkyl halides is 3. The number of hydrogen-bond acceptors (Lipinski definition) is 2. The van der Waals surface area contributed by atoms with Crippen LogP contribution in [-0.2, 0) is 0 Å². The van der Waals surface area contributed by atoms with Gasteiger partial charge in [0, 0.05) is 32.1 Å². The van der Waals surface area contributed by atoms with Crippen LogP contribution in [0.5, 0.6) is 0 Å². The van der Waals surface area contributed by atoms with Crippen LogP contribution < -0.4 is 5.32 Å². The fourth-order valence-corrected chi connectivity index (χ4v) is 1.87. The van der Waals surface area contributed by atoms with E-state index in [1.807, 2.05) is 0 Å². The highest BCUT2D eigenvalue weighted by atomic mass is 19.4. The summed E-state index contributed by atoms with van der Waals surface area (Å²) >= 11 is 0. The van der Waals surface area contributed by atoms with Crippen molar-refractivity contribution in [2.75, 3.05) is 26.2 Å². The maximum absolute atomic E-state index is 11.9. The first-order valence-corrected chi connectivity index (χ1v) is 5.54. The standard InChI is InChI=1S/C10H19F3N2/c1-2-9-8-15(7-5-14-9)6-3-4-10(11,12)13/h9,14H,2-8H2,1H3. The predicted molar refractivity (Wildman–Crippen MR) is 53.8 cm³/mol. The monoisotopic (exact) mass is 224 g/mol. The van der Waals surface area contributed by atoms with Crippen LogP contribution in [0, 0.1) is 0 Å². The van der Waals surface area contributed by atoms with Gasteiger partial charge < -0.3 is 10.2 Å². The third kappa shape index (κ3) is 5.37. The molecule has 2 nitrogen and oxygen atoms in total. The Morgan fingerprint density at radius 2 is 2.13 bits per heavy atom. The zero-order valence-corrected chi connectivity index (χ0v) is 9.11. The van der Waals surface area contributed by atoms with Crippen molar-refractivity contribution in [3.05, 3.63) is 0 Å². The van der Waals surface area contributed by atoms with Crippen molar-refractivity contribution in [2.24, 2.45) is 0 Å². The van der Waals surface area contributed by atoms with E-state index < -0.39 is 12.6 Å². The molecule has 0 amide bonds. The van der Waals surface area contributed by atoms with E-state index in [0.717, 1.165) is 26.1 Å². The lowest BCUT2D eigenvalue weighted by molar-refractivity contribution is -0.136. The van der Waals surface area contributed by atoms with Crippen LogP contribution in [0.1, 0.15) is 26.2 Å². The van der Waals surface area contributed by atoms with E-state index in [2.05, 4.69) is 17.1 Å². The number of nitrogens with zero attached hydrogens (tertiary/aromatic N) is 1. The van der Waals surface area contributed by atoms with Gasteiger partial charge in [0.2, 0.25) is 0 Å². The molecule has 1 aliphatic heterocycles. The molecule has 0 bridgehead atoms. The molecule has 1 aliphatic rings. The number of nitrogens with one attached hydrogen (secondary N) is 1. The average Bonchev–Trinajstić information content (AvgIpc) is 2.16. The van der Waals surface area contributed by atoms with E-state index in [-0.39, 0.29) is 6.42 Å². The molecule has 90 valence electrons. The molecular formula is C10H19F3N2. The van der Waals surface area contributed by atoms with Crippen molar-refractivity contribution in [3.8, 4) is 0 Å². The maximum atomic E-state index is 11.9. The summed E-state index contributed by atoms with van der Waals surface area (Å²) in [6.07, 6.45) is -3.40. The van der Waals surface area contributed by atoms with Gasteiger partial charge in [-0.25, -0.2) is 0 Å². The van der Waals surface area contributed by atoms with Gasteiger partial charge in [0.15, 0.2) is 0 Å². The van der Waals surface area contributed by atoms with Gasteiger partial charge >= 0.3 is 6.18 Å². The number of piperazine rings is 1. The molecule has 1 fully saturated rings. The summed E-state index contributed by atoms with van der Waals surface area (Å²) in [5.41, 5.74) is 0. The minimum absolute atomic E-state index is 0.222. The topological polar surface area (TPSA) is 15.3 Å². The van der Waals surface area contributed by atoms with E-state index in [9.17, 15) is 13.2 Å². The molecule has 0 aromatic heterocycles. The molecule has 0 aromatic rings. The Kier molecular flexibility index (Phi) is 4.86. The van der Waals surface area contributed by atoms with Gasteiger partial charge in [0.1, 0.15) is 0 Å². The molecule has 0 spiro atoms. The van der Waals surface area contributed by atoms with Crippen LogP contribution in [0.4, 0.5) is 13.2 Å². The lowest BCUT2D eigenvalue weighted by atomic mass is 10.1. The summed E-state index contributed by atoms with van der Waals surface area (Å²) in [6.45, 7) is 5.31. The fourth-order valence-electron chi connectivity index (χ4n) is 1.87. The maximum Gasteiger partial charge on any atom is 0.389 e. The molecule has 1 atom stereocenters. The predicted octanol–water partition coefficient (Wildman–Crippen LogP) is 2.01. The summed E-state index contributed by atoms with van der Waals surface area (Å²) in [7, 11) is 0. The lowest BCUT2D eigenvalue weighted by Gasteiger charge is -2.33. The van der Waals surface area contributed by atoms with Crippen molar-refractivity contribution < 1.29 is 13.2 Å². The molecule has 1 rings (SSSR count). The van der Waals surface area contributed by atoms with E-state index in [0.29, 0.717) is 12.6 Å². The van der Waals surface area contributed by atoms with Crippen molar-refractivity contribution >= 4 is 0 Å². The van der Waals surface area contributed by atoms with Crippen LogP contribution >= 0.6 is 0 Å². The molecule has 0 aliphatic carbocycles. The minimum Gasteiger partial charge on any atom is -0.311 e. The second kappa shape index (κ2) is 5.70. The Labute approximate surface area is 88.8 Å². The van der Waals surface area contributed by atoms with Gasteiger partial charge in [-0.3, -0.25) is 0 Å². The fraction of sp³-hybridized carbons (Fsp3) is 1.00. The summed E-state index contributed by atoms with van der Waals surface area (Å²) in [5.74, 6) is 0. The minimum atomic E-state index is -4.00. The zero-order chi connectivity index (χ0) is 11.3. The van der Waals surface area contributed by atoms with Gasteiger partial charge in [0.05, 0.1) is 0 Å².